The van der Waals surface area contributed by atoms with Crippen molar-refractivity contribution in [3.8, 4) is 5.75 Å². The highest BCUT2D eigenvalue weighted by molar-refractivity contribution is 5.78. The molecule has 2 nitrogen and oxygen atoms in total. The molecule has 0 aliphatic heterocycles. The summed E-state index contributed by atoms with van der Waals surface area (Å²) in [7, 11) is 0. The van der Waals surface area contributed by atoms with Crippen molar-refractivity contribution in [1.29, 1.82) is 0 Å². The Morgan fingerprint density at radius 2 is 1.73 bits per heavy atom. The molecule has 0 unspecified atom stereocenters. The molecule has 0 N–H and O–H groups in total. The molecule has 1 aromatic heterocycles. The van der Waals surface area contributed by atoms with Crippen LogP contribution >= 0.6 is 0 Å². The molecule has 5 heteroatoms. The third-order valence-corrected chi connectivity index (χ3v) is 3.20. The Kier molecular flexibility index (Phi) is 3.71. The largest absolute Gasteiger partial charge is 0.487 e. The molecule has 0 amide bonds. The van der Waals surface area contributed by atoms with Crippen LogP contribution in [-0.2, 0) is 12.8 Å². The first-order valence-electron chi connectivity index (χ1n) is 6.67. The zero-order chi connectivity index (χ0) is 15.6. The van der Waals surface area contributed by atoms with E-state index in [1.165, 1.54) is 12.1 Å². The van der Waals surface area contributed by atoms with Crippen LogP contribution in [0.25, 0.3) is 10.9 Å². The number of hydrogen-bond acceptors (Lipinski definition) is 2. The monoisotopic (exact) mass is 303 g/mol. The maximum atomic E-state index is 12.6. The second-order valence-corrected chi connectivity index (χ2v) is 4.81. The van der Waals surface area contributed by atoms with E-state index in [-0.39, 0.29) is 12.4 Å². The van der Waals surface area contributed by atoms with Crippen molar-refractivity contribution in [3.63, 3.8) is 0 Å². The maximum absolute atomic E-state index is 12.6. The molecule has 0 spiro atoms. The number of alkyl halides is 3. The molecule has 0 radical (unpaired) electrons. The van der Waals surface area contributed by atoms with Crippen LogP contribution in [0.15, 0.2) is 60.7 Å². The summed E-state index contributed by atoms with van der Waals surface area (Å²) in [5, 5.41) is 1.00. The molecule has 1 heterocycles. The van der Waals surface area contributed by atoms with Gasteiger partial charge in [0.25, 0.3) is 0 Å². The van der Waals surface area contributed by atoms with Crippen LogP contribution in [0, 0.1) is 0 Å². The molecule has 0 atom stereocenters. The lowest BCUT2D eigenvalue weighted by atomic mass is 10.2. The molecule has 0 saturated carbocycles. The number of rotatable bonds is 3. The standard InChI is InChI=1S/C17H12F3NO/c18-17(19,20)13-5-3-6-15(10-13)22-11-14-9-8-12-4-1-2-7-16(12)21-14/h1-10H,11H2. The second kappa shape index (κ2) is 5.67. The first-order valence-corrected chi connectivity index (χ1v) is 6.67. The molecule has 3 aromatic rings. The normalized spacial score (nSPS) is 11.6. The Morgan fingerprint density at radius 3 is 2.55 bits per heavy atom. The van der Waals surface area contributed by atoms with Gasteiger partial charge in [-0.2, -0.15) is 13.2 Å². The van der Waals surface area contributed by atoms with Gasteiger partial charge < -0.3 is 4.74 Å². The molecule has 22 heavy (non-hydrogen) atoms. The summed E-state index contributed by atoms with van der Waals surface area (Å²) < 4.78 is 43.3. The van der Waals surface area contributed by atoms with Crippen molar-refractivity contribution in [3.05, 3.63) is 71.9 Å². The van der Waals surface area contributed by atoms with E-state index in [1.807, 2.05) is 30.3 Å². The summed E-state index contributed by atoms with van der Waals surface area (Å²) in [5.41, 5.74) is 0.764. The molecule has 0 saturated heterocycles. The van der Waals surface area contributed by atoms with Gasteiger partial charge in [-0.3, -0.25) is 0 Å². The van der Waals surface area contributed by atoms with Crippen LogP contribution in [-0.4, -0.2) is 4.98 Å². The lowest BCUT2D eigenvalue weighted by molar-refractivity contribution is -0.137. The van der Waals surface area contributed by atoms with Crippen molar-refractivity contribution < 1.29 is 17.9 Å². The summed E-state index contributed by atoms with van der Waals surface area (Å²) >= 11 is 0. The SMILES string of the molecule is FC(F)(F)c1cccc(OCc2ccc3ccccc3n2)c1. The van der Waals surface area contributed by atoms with Crippen LogP contribution in [0.3, 0.4) is 0 Å². The Labute approximate surface area is 125 Å². The van der Waals surface area contributed by atoms with E-state index in [1.54, 1.807) is 6.07 Å². The summed E-state index contributed by atoms with van der Waals surface area (Å²) in [5.74, 6) is 0.171. The summed E-state index contributed by atoms with van der Waals surface area (Å²) in [6.45, 7) is 0.117. The van der Waals surface area contributed by atoms with Crippen LogP contribution in [0.1, 0.15) is 11.3 Å². The Morgan fingerprint density at radius 1 is 0.909 bits per heavy atom. The lowest BCUT2D eigenvalue weighted by Crippen LogP contribution is -2.05. The van der Waals surface area contributed by atoms with E-state index >= 15 is 0 Å². The molecule has 3 rings (SSSR count). The average Bonchev–Trinajstić information content (AvgIpc) is 2.52. The fourth-order valence-electron chi connectivity index (χ4n) is 2.11. The molecular formula is C17H12F3NO. The van der Waals surface area contributed by atoms with E-state index in [0.29, 0.717) is 5.69 Å². The van der Waals surface area contributed by atoms with E-state index in [9.17, 15) is 13.2 Å². The van der Waals surface area contributed by atoms with E-state index in [4.69, 9.17) is 4.74 Å². The molecule has 0 fully saturated rings. The molecule has 2 aromatic carbocycles. The molecular weight excluding hydrogens is 291 g/mol. The summed E-state index contributed by atoms with van der Waals surface area (Å²) in [4.78, 5) is 4.41. The number of halogens is 3. The predicted octanol–water partition coefficient (Wildman–Crippen LogP) is 4.83. The second-order valence-electron chi connectivity index (χ2n) is 4.81. The van der Waals surface area contributed by atoms with E-state index < -0.39 is 11.7 Å². The zero-order valence-electron chi connectivity index (χ0n) is 11.5. The van der Waals surface area contributed by atoms with Crippen molar-refractivity contribution in [1.82, 2.24) is 4.98 Å². The zero-order valence-corrected chi connectivity index (χ0v) is 11.5. The fraction of sp³-hybridized carbons (Fsp3) is 0.118. The topological polar surface area (TPSA) is 22.1 Å². The first kappa shape index (κ1) is 14.4. The maximum Gasteiger partial charge on any atom is 0.416 e. The van der Waals surface area contributed by atoms with Gasteiger partial charge in [-0.05, 0) is 30.3 Å². The van der Waals surface area contributed by atoms with Gasteiger partial charge in [-0.1, -0.05) is 30.3 Å². The van der Waals surface area contributed by atoms with Crippen LogP contribution in [0.2, 0.25) is 0 Å². The minimum absolute atomic E-state index is 0.117. The van der Waals surface area contributed by atoms with Gasteiger partial charge in [0.15, 0.2) is 0 Å². The number of nitrogens with zero attached hydrogens (tertiary/aromatic N) is 1. The van der Waals surface area contributed by atoms with Crippen molar-refractivity contribution in [2.75, 3.05) is 0 Å². The average molecular weight is 303 g/mol. The Balaban J connectivity index is 1.76. The van der Waals surface area contributed by atoms with Gasteiger partial charge in [-0.25, -0.2) is 4.98 Å². The van der Waals surface area contributed by atoms with Crippen LogP contribution < -0.4 is 4.74 Å². The van der Waals surface area contributed by atoms with Crippen molar-refractivity contribution in [2.45, 2.75) is 12.8 Å². The van der Waals surface area contributed by atoms with Gasteiger partial charge in [0, 0.05) is 5.39 Å². The van der Waals surface area contributed by atoms with Gasteiger partial charge in [0.2, 0.25) is 0 Å². The van der Waals surface area contributed by atoms with Crippen molar-refractivity contribution >= 4 is 10.9 Å². The first-order chi connectivity index (χ1) is 10.5. The number of pyridine rings is 1. The van der Waals surface area contributed by atoms with Gasteiger partial charge in [-0.15, -0.1) is 0 Å². The lowest BCUT2D eigenvalue weighted by Gasteiger charge is -2.10. The van der Waals surface area contributed by atoms with Gasteiger partial charge in [0.1, 0.15) is 12.4 Å². The number of aromatic nitrogens is 1. The third kappa shape index (κ3) is 3.19. The number of ether oxygens (including phenoxy) is 1. The third-order valence-electron chi connectivity index (χ3n) is 3.20. The molecule has 112 valence electrons. The fourth-order valence-corrected chi connectivity index (χ4v) is 2.11. The number of hydrogen-bond donors (Lipinski definition) is 0. The Hall–Kier alpha value is -2.56. The van der Waals surface area contributed by atoms with Gasteiger partial charge >= 0.3 is 6.18 Å². The molecule has 0 aliphatic carbocycles. The predicted molar refractivity (Wildman–Crippen MR) is 77.5 cm³/mol. The number of para-hydroxylation sites is 1. The van der Waals surface area contributed by atoms with E-state index in [0.717, 1.165) is 23.0 Å². The minimum Gasteiger partial charge on any atom is -0.487 e. The quantitative estimate of drug-likeness (QED) is 0.691. The van der Waals surface area contributed by atoms with Gasteiger partial charge in [0.05, 0.1) is 16.8 Å². The minimum atomic E-state index is -4.37. The summed E-state index contributed by atoms with van der Waals surface area (Å²) in [6, 6.07) is 16.2. The highest BCUT2D eigenvalue weighted by Crippen LogP contribution is 2.31. The summed E-state index contributed by atoms with van der Waals surface area (Å²) in [6.07, 6.45) is -4.37. The van der Waals surface area contributed by atoms with E-state index in [2.05, 4.69) is 4.98 Å². The van der Waals surface area contributed by atoms with Crippen LogP contribution in [0.5, 0.6) is 5.75 Å². The highest BCUT2D eigenvalue weighted by Gasteiger charge is 2.30. The number of fused-ring (bicyclic) bond motifs is 1. The number of benzene rings is 2. The molecule has 0 aliphatic rings. The Bertz CT molecular complexity index is 799. The van der Waals surface area contributed by atoms with Crippen LogP contribution in [0.4, 0.5) is 13.2 Å². The highest BCUT2D eigenvalue weighted by atomic mass is 19.4. The smallest absolute Gasteiger partial charge is 0.416 e. The van der Waals surface area contributed by atoms with Crippen molar-refractivity contribution in [2.24, 2.45) is 0 Å². The molecule has 0 bridgehead atoms.